The van der Waals surface area contributed by atoms with Crippen LogP contribution < -0.4 is 4.74 Å². The second-order valence-corrected chi connectivity index (χ2v) is 6.68. The molecular formula is C15H18BrNO3. The molecule has 4 nitrogen and oxygen atoms in total. The lowest BCUT2D eigenvalue weighted by Crippen LogP contribution is -2.23. The Morgan fingerprint density at radius 2 is 2.30 bits per heavy atom. The molecule has 0 unspecified atom stereocenters. The van der Waals surface area contributed by atoms with Gasteiger partial charge in [0.15, 0.2) is 0 Å². The summed E-state index contributed by atoms with van der Waals surface area (Å²) in [7, 11) is 0. The average molecular weight is 340 g/mol. The van der Waals surface area contributed by atoms with Crippen molar-refractivity contribution >= 4 is 21.9 Å². The number of fused-ring (bicyclic) bond motifs is 1. The standard InChI is InChI=1S/C15H18BrNO3/c1-9-6-17(8-13(9)15(18)19)7-11-5-12(16)4-10-2-3-20-14(10)11/h4-5,9,13H,2-3,6-8H2,1H3,(H,18,19)/t9-,13-/m1/s1. The van der Waals surface area contributed by atoms with Crippen molar-refractivity contribution in [2.75, 3.05) is 19.7 Å². The Balaban J connectivity index is 1.78. The van der Waals surface area contributed by atoms with Gasteiger partial charge in [-0.1, -0.05) is 22.9 Å². The molecule has 2 heterocycles. The first-order valence-electron chi connectivity index (χ1n) is 6.94. The van der Waals surface area contributed by atoms with E-state index in [1.165, 1.54) is 5.56 Å². The molecule has 2 aliphatic rings. The van der Waals surface area contributed by atoms with Gasteiger partial charge in [-0.25, -0.2) is 0 Å². The van der Waals surface area contributed by atoms with Crippen molar-refractivity contribution in [2.45, 2.75) is 19.9 Å². The highest BCUT2D eigenvalue weighted by Crippen LogP contribution is 2.35. The lowest BCUT2D eigenvalue weighted by atomic mass is 9.99. The van der Waals surface area contributed by atoms with Crippen LogP contribution in [-0.4, -0.2) is 35.7 Å². The molecule has 0 aliphatic carbocycles. The molecule has 0 amide bonds. The highest BCUT2D eigenvalue weighted by atomic mass is 79.9. The molecule has 0 spiro atoms. The number of carbonyl (C=O) groups is 1. The van der Waals surface area contributed by atoms with E-state index >= 15 is 0 Å². The Labute approximate surface area is 126 Å². The molecule has 1 aromatic carbocycles. The SMILES string of the molecule is C[C@@H]1CN(Cc2cc(Br)cc3c2OCC3)C[C@H]1C(=O)O. The molecule has 0 saturated carbocycles. The Bertz CT molecular complexity index is 546. The van der Waals surface area contributed by atoms with Gasteiger partial charge in [0.05, 0.1) is 12.5 Å². The monoisotopic (exact) mass is 339 g/mol. The summed E-state index contributed by atoms with van der Waals surface area (Å²) in [6.45, 7) is 4.97. The molecule has 0 radical (unpaired) electrons. The maximum atomic E-state index is 11.2. The number of carboxylic acid groups (broad SMARTS) is 1. The van der Waals surface area contributed by atoms with Gasteiger partial charge < -0.3 is 9.84 Å². The first kappa shape index (κ1) is 13.9. The molecule has 1 saturated heterocycles. The molecule has 3 rings (SSSR count). The second kappa shape index (κ2) is 5.37. The number of nitrogens with zero attached hydrogens (tertiary/aromatic N) is 1. The summed E-state index contributed by atoms with van der Waals surface area (Å²) in [5.41, 5.74) is 2.40. The van der Waals surface area contributed by atoms with Gasteiger partial charge in [0.1, 0.15) is 5.75 Å². The van der Waals surface area contributed by atoms with E-state index in [-0.39, 0.29) is 11.8 Å². The minimum absolute atomic E-state index is 0.202. The Morgan fingerprint density at radius 3 is 3.00 bits per heavy atom. The highest BCUT2D eigenvalue weighted by Gasteiger charge is 2.35. The fourth-order valence-electron chi connectivity index (χ4n) is 3.22. The molecule has 1 fully saturated rings. The summed E-state index contributed by atoms with van der Waals surface area (Å²) in [6, 6.07) is 4.20. The molecule has 2 atom stereocenters. The fraction of sp³-hybridized carbons (Fsp3) is 0.533. The fourth-order valence-corrected chi connectivity index (χ4v) is 3.77. The van der Waals surface area contributed by atoms with E-state index < -0.39 is 5.97 Å². The van der Waals surface area contributed by atoms with E-state index in [4.69, 9.17) is 4.74 Å². The molecule has 5 heteroatoms. The van der Waals surface area contributed by atoms with Gasteiger partial charge in [-0.15, -0.1) is 0 Å². The molecule has 20 heavy (non-hydrogen) atoms. The molecule has 108 valence electrons. The zero-order chi connectivity index (χ0) is 14.3. The summed E-state index contributed by atoms with van der Waals surface area (Å²) in [5, 5.41) is 9.21. The van der Waals surface area contributed by atoms with Crippen LogP contribution in [0.15, 0.2) is 16.6 Å². The summed E-state index contributed by atoms with van der Waals surface area (Å²) in [5.74, 6) is 0.264. The minimum atomic E-state index is -0.685. The number of hydrogen-bond acceptors (Lipinski definition) is 3. The Kier molecular flexibility index (Phi) is 3.73. The number of carboxylic acids is 1. The normalized spacial score (nSPS) is 25.5. The van der Waals surface area contributed by atoms with Crippen LogP contribution in [0, 0.1) is 11.8 Å². The topological polar surface area (TPSA) is 49.8 Å². The van der Waals surface area contributed by atoms with Gasteiger partial charge in [0.2, 0.25) is 0 Å². The van der Waals surface area contributed by atoms with Crippen molar-refractivity contribution in [3.8, 4) is 5.75 Å². The number of halogens is 1. The number of aliphatic carboxylic acids is 1. The number of rotatable bonds is 3. The van der Waals surface area contributed by atoms with Gasteiger partial charge in [0, 0.05) is 36.1 Å². The maximum absolute atomic E-state index is 11.2. The maximum Gasteiger partial charge on any atom is 0.308 e. The van der Waals surface area contributed by atoms with Crippen LogP contribution in [0.4, 0.5) is 0 Å². The molecule has 0 aromatic heterocycles. The smallest absolute Gasteiger partial charge is 0.308 e. The minimum Gasteiger partial charge on any atom is -0.493 e. The van der Waals surface area contributed by atoms with Crippen molar-refractivity contribution in [3.05, 3.63) is 27.7 Å². The van der Waals surface area contributed by atoms with E-state index in [0.717, 1.165) is 41.9 Å². The molecule has 1 aromatic rings. The van der Waals surface area contributed by atoms with Crippen LogP contribution in [0.2, 0.25) is 0 Å². The summed E-state index contributed by atoms with van der Waals surface area (Å²) in [4.78, 5) is 13.4. The van der Waals surface area contributed by atoms with Gasteiger partial charge in [0.25, 0.3) is 0 Å². The van der Waals surface area contributed by atoms with Gasteiger partial charge in [-0.2, -0.15) is 0 Å². The lowest BCUT2D eigenvalue weighted by molar-refractivity contribution is -0.142. The van der Waals surface area contributed by atoms with E-state index in [9.17, 15) is 9.90 Å². The quantitative estimate of drug-likeness (QED) is 0.919. The van der Waals surface area contributed by atoms with E-state index in [1.807, 2.05) is 6.92 Å². The predicted molar refractivity (Wildman–Crippen MR) is 78.9 cm³/mol. The van der Waals surface area contributed by atoms with Crippen molar-refractivity contribution in [3.63, 3.8) is 0 Å². The van der Waals surface area contributed by atoms with Crippen LogP contribution in [-0.2, 0) is 17.8 Å². The van der Waals surface area contributed by atoms with Crippen molar-refractivity contribution in [1.29, 1.82) is 0 Å². The van der Waals surface area contributed by atoms with Crippen molar-refractivity contribution < 1.29 is 14.6 Å². The molecular weight excluding hydrogens is 322 g/mol. The number of hydrogen-bond donors (Lipinski definition) is 1. The van der Waals surface area contributed by atoms with E-state index in [2.05, 4.69) is 33.0 Å². The predicted octanol–water partition coefficient (Wildman–Crippen LogP) is 2.54. The van der Waals surface area contributed by atoms with Crippen LogP contribution in [0.5, 0.6) is 5.75 Å². The van der Waals surface area contributed by atoms with Crippen LogP contribution in [0.25, 0.3) is 0 Å². The third-order valence-electron chi connectivity index (χ3n) is 4.22. The summed E-state index contributed by atoms with van der Waals surface area (Å²) >= 11 is 3.54. The van der Waals surface area contributed by atoms with Crippen LogP contribution in [0.3, 0.4) is 0 Å². The first-order valence-corrected chi connectivity index (χ1v) is 7.73. The molecule has 0 bridgehead atoms. The van der Waals surface area contributed by atoms with Crippen LogP contribution in [0.1, 0.15) is 18.1 Å². The number of benzene rings is 1. The van der Waals surface area contributed by atoms with E-state index in [1.54, 1.807) is 0 Å². The summed E-state index contributed by atoms with van der Waals surface area (Å²) < 4.78 is 6.80. The molecule has 1 N–H and O–H groups in total. The van der Waals surface area contributed by atoms with Crippen LogP contribution >= 0.6 is 15.9 Å². The third-order valence-corrected chi connectivity index (χ3v) is 4.68. The second-order valence-electron chi connectivity index (χ2n) is 5.77. The average Bonchev–Trinajstić information content (AvgIpc) is 2.95. The Morgan fingerprint density at radius 1 is 1.50 bits per heavy atom. The van der Waals surface area contributed by atoms with Crippen molar-refractivity contribution in [2.24, 2.45) is 11.8 Å². The van der Waals surface area contributed by atoms with Gasteiger partial charge in [-0.05, 0) is 23.6 Å². The summed E-state index contributed by atoms with van der Waals surface area (Å²) in [6.07, 6.45) is 0.954. The Hall–Kier alpha value is -1.07. The zero-order valence-electron chi connectivity index (χ0n) is 11.4. The first-order chi connectivity index (χ1) is 9.54. The third kappa shape index (κ3) is 2.56. The lowest BCUT2D eigenvalue weighted by Gasteiger charge is -2.17. The number of ether oxygens (including phenoxy) is 1. The number of likely N-dealkylation sites (tertiary alicyclic amines) is 1. The van der Waals surface area contributed by atoms with Crippen molar-refractivity contribution in [1.82, 2.24) is 4.90 Å². The van der Waals surface area contributed by atoms with Gasteiger partial charge in [-0.3, -0.25) is 9.69 Å². The molecule has 2 aliphatic heterocycles. The highest BCUT2D eigenvalue weighted by molar-refractivity contribution is 9.10. The largest absolute Gasteiger partial charge is 0.493 e. The van der Waals surface area contributed by atoms with E-state index in [0.29, 0.717) is 6.54 Å². The zero-order valence-corrected chi connectivity index (χ0v) is 13.0. The van der Waals surface area contributed by atoms with Gasteiger partial charge >= 0.3 is 5.97 Å².